The summed E-state index contributed by atoms with van der Waals surface area (Å²) in [6.07, 6.45) is 7.40. The SMILES string of the molecule is COc1ccc(CCn2c(C)cc(C(=O)CN3CCC(C(=O)N4CCCCCC4)CC3)c2C)cc1. The van der Waals surface area contributed by atoms with Crippen molar-refractivity contribution < 1.29 is 14.3 Å². The number of ketones is 1. The van der Waals surface area contributed by atoms with Crippen molar-refractivity contribution in [2.45, 2.75) is 65.3 Å². The number of likely N-dealkylation sites (tertiary alicyclic amines) is 2. The molecule has 35 heavy (non-hydrogen) atoms. The number of piperidine rings is 1. The highest BCUT2D eigenvalue weighted by molar-refractivity contribution is 5.99. The van der Waals surface area contributed by atoms with E-state index in [2.05, 4.69) is 40.3 Å². The number of amides is 1. The van der Waals surface area contributed by atoms with Crippen LogP contribution in [0.4, 0.5) is 0 Å². The van der Waals surface area contributed by atoms with Gasteiger partial charge in [0.2, 0.25) is 5.91 Å². The predicted octanol–water partition coefficient (Wildman–Crippen LogP) is 4.65. The summed E-state index contributed by atoms with van der Waals surface area (Å²) < 4.78 is 7.50. The van der Waals surface area contributed by atoms with Crippen LogP contribution in [0.5, 0.6) is 5.75 Å². The second-order valence-corrected chi connectivity index (χ2v) is 10.2. The zero-order valence-corrected chi connectivity index (χ0v) is 21.7. The topological polar surface area (TPSA) is 54.8 Å². The second kappa shape index (κ2) is 11.9. The molecule has 0 bridgehead atoms. The number of aromatic nitrogens is 1. The molecule has 0 spiro atoms. The molecule has 0 aliphatic carbocycles. The molecule has 190 valence electrons. The number of hydrogen-bond acceptors (Lipinski definition) is 4. The lowest BCUT2D eigenvalue weighted by Crippen LogP contribution is -2.44. The van der Waals surface area contributed by atoms with E-state index < -0.39 is 0 Å². The van der Waals surface area contributed by atoms with Crippen LogP contribution in [-0.4, -0.2) is 65.9 Å². The number of benzene rings is 1. The lowest BCUT2D eigenvalue weighted by atomic mass is 9.94. The predicted molar refractivity (Wildman–Crippen MR) is 139 cm³/mol. The third kappa shape index (κ3) is 6.35. The smallest absolute Gasteiger partial charge is 0.225 e. The molecular weight excluding hydrogens is 438 g/mol. The minimum atomic E-state index is 0.127. The van der Waals surface area contributed by atoms with Gasteiger partial charge in [0.1, 0.15) is 5.75 Å². The van der Waals surface area contributed by atoms with Crippen molar-refractivity contribution >= 4 is 11.7 Å². The average Bonchev–Trinajstić information content (AvgIpc) is 3.04. The normalized spacial score (nSPS) is 17.9. The van der Waals surface area contributed by atoms with Gasteiger partial charge >= 0.3 is 0 Å². The molecule has 6 nitrogen and oxygen atoms in total. The Morgan fingerprint density at radius 3 is 2.23 bits per heavy atom. The number of hydrogen-bond donors (Lipinski definition) is 0. The van der Waals surface area contributed by atoms with Crippen LogP contribution in [0.2, 0.25) is 0 Å². The van der Waals surface area contributed by atoms with E-state index in [4.69, 9.17) is 4.74 Å². The van der Waals surface area contributed by atoms with Gasteiger partial charge < -0.3 is 14.2 Å². The fraction of sp³-hybridized carbons (Fsp3) is 0.586. The fourth-order valence-corrected chi connectivity index (χ4v) is 5.64. The molecule has 0 atom stereocenters. The Labute approximate surface area is 210 Å². The fourth-order valence-electron chi connectivity index (χ4n) is 5.64. The number of aryl methyl sites for hydroxylation is 2. The molecule has 6 heteroatoms. The standard InChI is InChI=1S/C29H41N3O3/c1-22-20-27(23(2)32(22)19-12-24-8-10-26(35-3)11-9-24)28(33)21-30-17-13-25(14-18-30)29(34)31-15-6-4-5-7-16-31/h8-11,20,25H,4-7,12-19,21H2,1-3H3. The van der Waals surface area contributed by atoms with Crippen LogP contribution in [0, 0.1) is 19.8 Å². The van der Waals surface area contributed by atoms with Gasteiger partial charge in [-0.15, -0.1) is 0 Å². The lowest BCUT2D eigenvalue weighted by molar-refractivity contribution is -0.137. The highest BCUT2D eigenvalue weighted by atomic mass is 16.5. The third-order valence-corrected chi connectivity index (χ3v) is 7.88. The molecule has 1 amide bonds. The van der Waals surface area contributed by atoms with Crippen molar-refractivity contribution in [1.29, 1.82) is 0 Å². The quantitative estimate of drug-likeness (QED) is 0.517. The molecule has 2 aliphatic rings. The van der Waals surface area contributed by atoms with E-state index in [-0.39, 0.29) is 11.7 Å². The maximum atomic E-state index is 13.2. The largest absolute Gasteiger partial charge is 0.497 e. The third-order valence-electron chi connectivity index (χ3n) is 7.88. The van der Waals surface area contributed by atoms with Crippen molar-refractivity contribution in [3.05, 3.63) is 52.8 Å². The maximum Gasteiger partial charge on any atom is 0.225 e. The Bertz CT molecular complexity index is 995. The molecule has 3 heterocycles. The first-order valence-corrected chi connectivity index (χ1v) is 13.3. The van der Waals surface area contributed by atoms with Crippen molar-refractivity contribution in [3.63, 3.8) is 0 Å². The molecule has 1 aromatic carbocycles. The van der Waals surface area contributed by atoms with Gasteiger partial charge in [-0.1, -0.05) is 25.0 Å². The zero-order chi connectivity index (χ0) is 24.8. The lowest BCUT2D eigenvalue weighted by Gasteiger charge is -2.33. The van der Waals surface area contributed by atoms with Crippen molar-refractivity contribution in [2.75, 3.05) is 39.8 Å². The number of carbonyl (C=O) groups excluding carboxylic acids is 2. The highest BCUT2D eigenvalue weighted by Gasteiger charge is 2.30. The number of Topliss-reactive ketones (excluding diaryl/α,β-unsaturated/α-hetero) is 1. The van der Waals surface area contributed by atoms with Gasteiger partial charge in [-0.3, -0.25) is 14.5 Å². The van der Waals surface area contributed by atoms with E-state index in [0.29, 0.717) is 12.5 Å². The van der Waals surface area contributed by atoms with Crippen LogP contribution in [0.1, 0.15) is 65.8 Å². The summed E-state index contributed by atoms with van der Waals surface area (Å²) in [7, 11) is 1.68. The summed E-state index contributed by atoms with van der Waals surface area (Å²) in [4.78, 5) is 30.5. The molecule has 0 radical (unpaired) electrons. The van der Waals surface area contributed by atoms with Gasteiger partial charge in [0.05, 0.1) is 13.7 Å². The van der Waals surface area contributed by atoms with Gasteiger partial charge in [0.15, 0.2) is 5.78 Å². The summed E-state index contributed by atoms with van der Waals surface area (Å²) in [6, 6.07) is 10.2. The van der Waals surface area contributed by atoms with Crippen molar-refractivity contribution in [3.8, 4) is 5.75 Å². The number of ether oxygens (including phenoxy) is 1. The van der Waals surface area contributed by atoms with E-state index in [9.17, 15) is 9.59 Å². The van der Waals surface area contributed by atoms with Gasteiger partial charge in [-0.2, -0.15) is 0 Å². The molecular formula is C29H41N3O3. The van der Waals surface area contributed by atoms with Crippen LogP contribution in [0.3, 0.4) is 0 Å². The molecule has 2 aliphatic heterocycles. The number of nitrogens with zero attached hydrogens (tertiary/aromatic N) is 3. The average molecular weight is 480 g/mol. The first-order valence-electron chi connectivity index (χ1n) is 13.3. The molecule has 0 saturated carbocycles. The maximum absolute atomic E-state index is 13.2. The Hall–Kier alpha value is -2.60. The zero-order valence-electron chi connectivity index (χ0n) is 21.7. The van der Waals surface area contributed by atoms with Crippen molar-refractivity contribution in [1.82, 2.24) is 14.4 Å². The summed E-state index contributed by atoms with van der Waals surface area (Å²) in [6.45, 7) is 8.92. The van der Waals surface area contributed by atoms with Crippen LogP contribution in [-0.2, 0) is 17.8 Å². The van der Waals surface area contributed by atoms with Crippen LogP contribution >= 0.6 is 0 Å². The Morgan fingerprint density at radius 1 is 0.943 bits per heavy atom. The first-order chi connectivity index (χ1) is 17.0. The molecule has 0 N–H and O–H groups in total. The van der Waals surface area contributed by atoms with Crippen LogP contribution in [0.25, 0.3) is 0 Å². The molecule has 2 aromatic rings. The van der Waals surface area contributed by atoms with Gasteiger partial charge in [-0.05, 0) is 82.8 Å². The summed E-state index contributed by atoms with van der Waals surface area (Å²) in [5.74, 6) is 1.53. The summed E-state index contributed by atoms with van der Waals surface area (Å²) >= 11 is 0. The van der Waals surface area contributed by atoms with E-state index in [1.165, 1.54) is 18.4 Å². The number of rotatable bonds is 8. The number of carbonyl (C=O) groups is 2. The Balaban J connectivity index is 1.29. The number of methoxy groups -OCH3 is 1. The minimum Gasteiger partial charge on any atom is -0.497 e. The molecule has 1 aromatic heterocycles. The van der Waals surface area contributed by atoms with Crippen molar-refractivity contribution in [2.24, 2.45) is 5.92 Å². The van der Waals surface area contributed by atoms with Crippen LogP contribution in [0.15, 0.2) is 30.3 Å². The molecule has 0 unspecified atom stereocenters. The Morgan fingerprint density at radius 2 is 1.60 bits per heavy atom. The van der Waals surface area contributed by atoms with Gasteiger partial charge in [-0.25, -0.2) is 0 Å². The van der Waals surface area contributed by atoms with E-state index in [1.807, 2.05) is 18.2 Å². The first kappa shape index (κ1) is 25.5. The minimum absolute atomic E-state index is 0.127. The van der Waals surface area contributed by atoms with E-state index in [1.54, 1.807) is 7.11 Å². The van der Waals surface area contributed by atoms with E-state index >= 15 is 0 Å². The Kier molecular flexibility index (Phi) is 8.66. The monoisotopic (exact) mass is 479 g/mol. The highest BCUT2D eigenvalue weighted by Crippen LogP contribution is 2.23. The summed E-state index contributed by atoms with van der Waals surface area (Å²) in [5, 5.41) is 0. The van der Waals surface area contributed by atoms with Gasteiger partial charge in [0.25, 0.3) is 0 Å². The van der Waals surface area contributed by atoms with Crippen LogP contribution < -0.4 is 4.74 Å². The molecule has 2 fully saturated rings. The molecule has 2 saturated heterocycles. The summed E-state index contributed by atoms with van der Waals surface area (Å²) in [5.41, 5.74) is 4.26. The van der Waals surface area contributed by atoms with Gasteiger partial charge in [0, 0.05) is 42.5 Å². The van der Waals surface area contributed by atoms with E-state index in [0.717, 1.165) is 87.5 Å². The second-order valence-electron chi connectivity index (χ2n) is 10.2. The molecule has 4 rings (SSSR count).